The number of hydrogen-bond donors (Lipinski definition) is 4. The molecule has 4 aromatic rings. The van der Waals surface area contributed by atoms with E-state index in [1.807, 2.05) is 60.7 Å². The van der Waals surface area contributed by atoms with Crippen LogP contribution in [0.25, 0.3) is 11.6 Å². The lowest BCUT2D eigenvalue weighted by Crippen LogP contribution is -2.49. The smallest absolute Gasteiger partial charge is 0.289 e. The summed E-state index contributed by atoms with van der Waals surface area (Å²) in [6, 6.07) is 28.4. The Morgan fingerprint density at radius 1 is 0.786 bits per heavy atom. The maximum Gasteiger partial charge on any atom is 0.289 e. The highest BCUT2D eigenvalue weighted by Gasteiger charge is 2.28. The summed E-state index contributed by atoms with van der Waals surface area (Å²) in [5.41, 5.74) is 2.98. The zero-order valence-corrected chi connectivity index (χ0v) is 23.1. The van der Waals surface area contributed by atoms with Gasteiger partial charge in [-0.05, 0) is 59.0 Å². The first-order valence-electron chi connectivity index (χ1n) is 13.4. The molecule has 0 heterocycles. The van der Waals surface area contributed by atoms with Crippen LogP contribution in [0.4, 0.5) is 0 Å². The van der Waals surface area contributed by atoms with Crippen molar-refractivity contribution in [1.29, 1.82) is 0 Å². The van der Waals surface area contributed by atoms with Gasteiger partial charge in [0.15, 0.2) is 11.5 Å². The van der Waals surface area contributed by atoms with Crippen LogP contribution in [0, 0.1) is 0 Å². The van der Waals surface area contributed by atoms with Crippen LogP contribution in [0.2, 0.25) is 0 Å². The average molecular weight is 565 g/mol. The summed E-state index contributed by atoms with van der Waals surface area (Å²) < 4.78 is 5.16. The molecule has 0 fully saturated rings. The van der Waals surface area contributed by atoms with E-state index in [4.69, 9.17) is 4.74 Å². The van der Waals surface area contributed by atoms with E-state index < -0.39 is 23.6 Å². The summed E-state index contributed by atoms with van der Waals surface area (Å²) >= 11 is 0. The van der Waals surface area contributed by atoms with Crippen molar-refractivity contribution in [3.8, 4) is 17.2 Å². The van der Waals surface area contributed by atoms with Gasteiger partial charge in [0.25, 0.3) is 11.8 Å². The Morgan fingerprint density at radius 2 is 1.45 bits per heavy atom. The van der Waals surface area contributed by atoms with Gasteiger partial charge in [0.1, 0.15) is 11.8 Å². The van der Waals surface area contributed by atoms with Crippen molar-refractivity contribution >= 4 is 29.2 Å². The molecule has 0 aromatic heterocycles. The van der Waals surface area contributed by atoms with E-state index in [2.05, 4.69) is 10.6 Å². The first kappa shape index (κ1) is 29.6. The summed E-state index contributed by atoms with van der Waals surface area (Å²) in [7, 11) is 1.59. The summed E-state index contributed by atoms with van der Waals surface area (Å²) in [5.74, 6) is -2.03. The second kappa shape index (κ2) is 14.3. The van der Waals surface area contributed by atoms with Gasteiger partial charge >= 0.3 is 0 Å². The molecule has 0 saturated carbocycles. The standard InChI is InChI=1S/C34H32N2O6/c1-42-27-15-12-23(13-16-27)18-19-35-34(41)32(39)29(21-24-8-4-2-5-9-24)36-33(40)28(26-10-6-3-7-11-26)20-25-14-17-30(37)31(38)22-25/h2-17,20,22,29,37-38H,18-19,21H2,1H3,(H,35,41)(H,36,40)/b28-20+/t29-/m0/s1. The molecule has 214 valence electrons. The summed E-state index contributed by atoms with van der Waals surface area (Å²) in [6.07, 6.45) is 2.17. The Balaban J connectivity index is 1.54. The number of amides is 2. The number of rotatable bonds is 12. The fraction of sp³-hybridized carbons (Fsp3) is 0.147. The molecule has 0 aliphatic carbocycles. The van der Waals surface area contributed by atoms with Crippen LogP contribution in [0.5, 0.6) is 17.2 Å². The zero-order valence-electron chi connectivity index (χ0n) is 23.1. The number of aromatic hydroxyl groups is 2. The maximum absolute atomic E-state index is 13.7. The Kier molecular flexibility index (Phi) is 10.1. The van der Waals surface area contributed by atoms with Gasteiger partial charge < -0.3 is 25.6 Å². The van der Waals surface area contributed by atoms with E-state index in [1.165, 1.54) is 12.1 Å². The number of Topliss-reactive ketones (excluding diaryl/α,β-unsaturated/α-hetero) is 1. The van der Waals surface area contributed by atoms with E-state index in [1.54, 1.807) is 43.5 Å². The van der Waals surface area contributed by atoms with Crippen LogP contribution in [-0.2, 0) is 27.2 Å². The maximum atomic E-state index is 13.7. The number of benzene rings is 4. The van der Waals surface area contributed by atoms with E-state index in [0.29, 0.717) is 17.5 Å². The third-order valence-corrected chi connectivity index (χ3v) is 6.63. The van der Waals surface area contributed by atoms with E-state index in [-0.39, 0.29) is 30.0 Å². The molecule has 0 spiro atoms. The van der Waals surface area contributed by atoms with Crippen molar-refractivity contribution in [2.75, 3.05) is 13.7 Å². The van der Waals surface area contributed by atoms with Gasteiger partial charge in [0.05, 0.1) is 7.11 Å². The van der Waals surface area contributed by atoms with Crippen molar-refractivity contribution in [3.05, 3.63) is 125 Å². The third kappa shape index (κ3) is 8.08. The molecule has 1 atom stereocenters. The first-order chi connectivity index (χ1) is 20.3. The molecule has 2 amide bonds. The lowest BCUT2D eigenvalue weighted by Gasteiger charge is -2.19. The van der Waals surface area contributed by atoms with Gasteiger partial charge in [-0.15, -0.1) is 0 Å². The highest BCUT2D eigenvalue weighted by atomic mass is 16.5. The van der Waals surface area contributed by atoms with Crippen LogP contribution < -0.4 is 15.4 Å². The topological polar surface area (TPSA) is 125 Å². The number of phenolic OH excluding ortho intramolecular Hbond substituents is 2. The van der Waals surface area contributed by atoms with Crippen molar-refractivity contribution in [2.45, 2.75) is 18.9 Å². The van der Waals surface area contributed by atoms with Gasteiger partial charge in [0.2, 0.25) is 5.78 Å². The van der Waals surface area contributed by atoms with Gasteiger partial charge in [0, 0.05) is 18.5 Å². The predicted octanol–water partition coefficient (Wildman–Crippen LogP) is 4.30. The minimum absolute atomic E-state index is 0.110. The molecule has 4 aromatic carbocycles. The molecule has 0 aliphatic rings. The Bertz CT molecular complexity index is 1550. The fourth-order valence-electron chi connectivity index (χ4n) is 4.35. The zero-order chi connectivity index (χ0) is 29.9. The molecule has 42 heavy (non-hydrogen) atoms. The van der Waals surface area contributed by atoms with Crippen LogP contribution in [0.1, 0.15) is 22.3 Å². The molecule has 0 radical (unpaired) electrons. The molecular formula is C34H32N2O6. The van der Waals surface area contributed by atoms with Crippen LogP contribution in [0.15, 0.2) is 103 Å². The molecule has 0 aliphatic heterocycles. The number of nitrogens with one attached hydrogen (secondary N) is 2. The quantitative estimate of drug-likeness (QED) is 0.0880. The minimum atomic E-state index is -1.14. The van der Waals surface area contributed by atoms with Gasteiger partial charge in [-0.2, -0.15) is 0 Å². The normalized spacial score (nSPS) is 11.8. The number of carbonyl (C=O) groups excluding carboxylic acids is 3. The van der Waals surface area contributed by atoms with E-state index in [9.17, 15) is 24.6 Å². The number of ether oxygens (including phenoxy) is 1. The van der Waals surface area contributed by atoms with Crippen molar-refractivity contribution < 1.29 is 29.3 Å². The van der Waals surface area contributed by atoms with E-state index >= 15 is 0 Å². The van der Waals surface area contributed by atoms with Gasteiger partial charge in [-0.1, -0.05) is 78.9 Å². The van der Waals surface area contributed by atoms with Crippen molar-refractivity contribution in [2.24, 2.45) is 0 Å². The van der Waals surface area contributed by atoms with E-state index in [0.717, 1.165) is 16.9 Å². The Labute approximate surface area is 244 Å². The highest BCUT2D eigenvalue weighted by molar-refractivity contribution is 6.39. The molecule has 4 rings (SSSR count). The molecule has 8 nitrogen and oxygen atoms in total. The van der Waals surface area contributed by atoms with Crippen molar-refractivity contribution in [3.63, 3.8) is 0 Å². The predicted molar refractivity (Wildman–Crippen MR) is 161 cm³/mol. The molecular weight excluding hydrogens is 532 g/mol. The van der Waals surface area contributed by atoms with Crippen LogP contribution >= 0.6 is 0 Å². The molecule has 0 saturated heterocycles. The third-order valence-electron chi connectivity index (χ3n) is 6.63. The number of ketones is 1. The van der Waals surface area contributed by atoms with Crippen LogP contribution in [0.3, 0.4) is 0 Å². The number of carbonyl (C=O) groups is 3. The summed E-state index contributed by atoms with van der Waals surface area (Å²) in [4.78, 5) is 40.0. The second-order valence-corrected chi connectivity index (χ2v) is 9.61. The summed E-state index contributed by atoms with van der Waals surface area (Å²) in [6.45, 7) is 0.239. The molecule has 8 heteroatoms. The molecule has 0 unspecified atom stereocenters. The van der Waals surface area contributed by atoms with Crippen molar-refractivity contribution in [1.82, 2.24) is 10.6 Å². The largest absolute Gasteiger partial charge is 0.504 e. The average Bonchev–Trinajstić information content (AvgIpc) is 3.02. The lowest BCUT2D eigenvalue weighted by atomic mass is 9.98. The Hall–Kier alpha value is -5.37. The Morgan fingerprint density at radius 3 is 2.10 bits per heavy atom. The fourth-order valence-corrected chi connectivity index (χ4v) is 4.35. The number of phenols is 2. The number of methoxy groups -OCH3 is 1. The highest BCUT2D eigenvalue weighted by Crippen LogP contribution is 2.27. The lowest BCUT2D eigenvalue weighted by molar-refractivity contribution is -0.139. The minimum Gasteiger partial charge on any atom is -0.504 e. The molecule has 0 bridgehead atoms. The van der Waals surface area contributed by atoms with Crippen LogP contribution in [-0.4, -0.2) is 47.5 Å². The summed E-state index contributed by atoms with van der Waals surface area (Å²) in [5, 5.41) is 25.1. The van der Waals surface area contributed by atoms with Gasteiger partial charge in [-0.25, -0.2) is 0 Å². The first-order valence-corrected chi connectivity index (χ1v) is 13.4. The molecule has 4 N–H and O–H groups in total. The SMILES string of the molecule is COc1ccc(CCNC(=O)C(=O)[C@H](Cc2ccccc2)NC(=O)/C(=C/c2ccc(O)c(O)c2)c2ccccc2)cc1. The number of hydrogen-bond acceptors (Lipinski definition) is 6. The monoisotopic (exact) mass is 564 g/mol. The second-order valence-electron chi connectivity index (χ2n) is 9.61. The van der Waals surface area contributed by atoms with Gasteiger partial charge in [-0.3, -0.25) is 14.4 Å².